The van der Waals surface area contributed by atoms with Crippen LogP contribution in [0.25, 0.3) is 0 Å². The Kier molecular flexibility index (Phi) is 6.85. The third-order valence-corrected chi connectivity index (χ3v) is 7.36. The maximum absolute atomic E-state index is 11.3. The minimum atomic E-state index is -0.125. The number of aromatic hydroxyl groups is 1. The highest BCUT2D eigenvalue weighted by Crippen LogP contribution is 2.53. The first-order valence-corrected chi connectivity index (χ1v) is 12.2. The fourth-order valence-electron chi connectivity index (χ4n) is 4.72. The van der Waals surface area contributed by atoms with Gasteiger partial charge in [0.2, 0.25) is 0 Å². The van der Waals surface area contributed by atoms with Gasteiger partial charge in [-0.1, -0.05) is 101 Å². The van der Waals surface area contributed by atoms with Gasteiger partial charge in [0.1, 0.15) is 11.5 Å². The predicted octanol–water partition coefficient (Wildman–Crippen LogP) is 8.77. The number of aliphatic hydroxyl groups is 1. The van der Waals surface area contributed by atoms with Crippen LogP contribution in [0.4, 0.5) is 0 Å². The molecule has 0 bridgehead atoms. The monoisotopic (exact) mass is 440 g/mol. The molecular weight excluding hydrogens is 392 g/mol. The summed E-state index contributed by atoms with van der Waals surface area (Å²) < 4.78 is 0. The predicted molar refractivity (Wildman–Crippen MR) is 139 cm³/mol. The summed E-state index contributed by atoms with van der Waals surface area (Å²) in [6.07, 6.45) is 6.90. The summed E-state index contributed by atoms with van der Waals surface area (Å²) in [6, 6.07) is 4.41. The highest BCUT2D eigenvalue weighted by atomic mass is 16.3. The van der Waals surface area contributed by atoms with Crippen molar-refractivity contribution >= 4 is 0 Å². The zero-order valence-corrected chi connectivity index (χ0v) is 22.8. The van der Waals surface area contributed by atoms with E-state index in [0.717, 1.165) is 36.0 Å². The number of hydrogen-bond acceptors (Lipinski definition) is 2. The molecule has 0 radical (unpaired) electrons. The highest BCUT2D eigenvalue weighted by molar-refractivity contribution is 5.49. The van der Waals surface area contributed by atoms with E-state index < -0.39 is 0 Å². The normalized spacial score (nSPS) is 20.8. The molecule has 0 spiro atoms. The van der Waals surface area contributed by atoms with Crippen LogP contribution in [-0.4, -0.2) is 10.2 Å². The van der Waals surface area contributed by atoms with Gasteiger partial charge in [-0.3, -0.25) is 0 Å². The first-order valence-electron chi connectivity index (χ1n) is 12.2. The molecule has 1 aromatic rings. The Morgan fingerprint density at radius 3 is 1.78 bits per heavy atom. The summed E-state index contributed by atoms with van der Waals surface area (Å²) >= 11 is 0. The molecule has 32 heavy (non-hydrogen) atoms. The summed E-state index contributed by atoms with van der Waals surface area (Å²) in [6.45, 7) is 26.6. The fourth-order valence-corrected chi connectivity index (χ4v) is 4.72. The molecule has 0 aromatic heterocycles. The number of allylic oxidation sites excluding steroid dienone is 3. The van der Waals surface area contributed by atoms with Gasteiger partial charge in [-0.25, -0.2) is 0 Å². The number of phenols is 1. The van der Waals surface area contributed by atoms with Gasteiger partial charge in [0, 0.05) is 0 Å². The fraction of sp³-hybridized carbons (Fsp3) is 0.667. The lowest BCUT2D eigenvalue weighted by molar-refractivity contribution is 0.126. The van der Waals surface area contributed by atoms with Gasteiger partial charge in [0.05, 0.1) is 0 Å². The number of phenolic OH excluding ortho intramolecular Hbond substituents is 1. The summed E-state index contributed by atoms with van der Waals surface area (Å²) in [7, 11) is 0. The van der Waals surface area contributed by atoms with E-state index in [-0.39, 0.29) is 27.1 Å². The van der Waals surface area contributed by atoms with Crippen molar-refractivity contribution in [3.8, 4) is 5.75 Å². The van der Waals surface area contributed by atoms with Crippen LogP contribution in [0.15, 0.2) is 35.6 Å². The molecule has 0 saturated carbocycles. The second kappa shape index (κ2) is 8.26. The summed E-state index contributed by atoms with van der Waals surface area (Å²) in [4.78, 5) is 0. The molecule has 2 nitrogen and oxygen atoms in total. The van der Waals surface area contributed by atoms with Gasteiger partial charge in [0.15, 0.2) is 0 Å². The molecular formula is C30H48O2. The smallest absolute Gasteiger partial charge is 0.122 e. The lowest BCUT2D eigenvalue weighted by atomic mass is 9.58. The Morgan fingerprint density at radius 2 is 1.34 bits per heavy atom. The molecule has 1 unspecified atom stereocenters. The van der Waals surface area contributed by atoms with Crippen LogP contribution >= 0.6 is 0 Å². The first kappa shape index (κ1) is 26.6. The molecule has 2 N–H and O–H groups in total. The summed E-state index contributed by atoms with van der Waals surface area (Å²) in [5.41, 5.74) is 4.06. The van der Waals surface area contributed by atoms with Gasteiger partial charge in [-0.2, -0.15) is 0 Å². The SMILES string of the molecule is CC(C)(C)C1=CC(CCc2cc(C(C)(C)C)cc(C(C)(C)C)c2O)(C(C)(C)C)CC=C1O. The maximum Gasteiger partial charge on any atom is 0.122 e. The van der Waals surface area contributed by atoms with Crippen LogP contribution in [0.1, 0.15) is 113 Å². The van der Waals surface area contributed by atoms with E-state index >= 15 is 0 Å². The standard InChI is InChI=1S/C30H48O2/c1-26(2,3)21-17-20(25(32)22(18-21)27(4,5)6)13-15-30(29(10,11)12)16-14-24(31)23(19-30)28(7,8)9/h14,17-19,31-32H,13,15-16H2,1-12H3. The average molecular weight is 441 g/mol. The number of aryl methyl sites for hydroxylation is 1. The van der Waals surface area contributed by atoms with Crippen molar-refractivity contribution in [2.24, 2.45) is 16.2 Å². The molecule has 0 heterocycles. The zero-order valence-electron chi connectivity index (χ0n) is 22.8. The highest BCUT2D eigenvalue weighted by Gasteiger charge is 2.43. The molecule has 2 heteroatoms. The van der Waals surface area contributed by atoms with Gasteiger partial charge >= 0.3 is 0 Å². The second-order valence-corrected chi connectivity index (χ2v) is 14.0. The van der Waals surface area contributed by atoms with Gasteiger partial charge in [0.25, 0.3) is 0 Å². The number of aliphatic hydroxyl groups excluding tert-OH is 1. The van der Waals surface area contributed by atoms with Crippen molar-refractivity contribution in [3.63, 3.8) is 0 Å². The molecule has 1 aromatic carbocycles. The van der Waals surface area contributed by atoms with E-state index in [1.54, 1.807) is 0 Å². The van der Waals surface area contributed by atoms with E-state index in [2.05, 4.69) is 101 Å². The quantitative estimate of drug-likeness (QED) is 0.493. The van der Waals surface area contributed by atoms with Crippen molar-refractivity contribution in [1.29, 1.82) is 0 Å². The average Bonchev–Trinajstić information content (AvgIpc) is 2.58. The van der Waals surface area contributed by atoms with E-state index in [0.29, 0.717) is 11.5 Å². The molecule has 1 aliphatic carbocycles. The molecule has 0 fully saturated rings. The zero-order chi connectivity index (χ0) is 24.9. The lowest BCUT2D eigenvalue weighted by Crippen LogP contribution is -2.37. The van der Waals surface area contributed by atoms with Gasteiger partial charge < -0.3 is 10.2 Å². The van der Waals surface area contributed by atoms with Crippen molar-refractivity contribution in [3.05, 3.63) is 52.3 Å². The van der Waals surface area contributed by atoms with E-state index in [1.807, 2.05) is 6.08 Å². The Balaban J connectivity index is 2.58. The number of hydrogen-bond donors (Lipinski definition) is 2. The Morgan fingerprint density at radius 1 is 0.781 bits per heavy atom. The van der Waals surface area contributed by atoms with Crippen LogP contribution < -0.4 is 0 Å². The molecule has 0 aliphatic heterocycles. The third kappa shape index (κ3) is 5.43. The molecule has 0 saturated heterocycles. The first-order chi connectivity index (χ1) is 14.2. The lowest BCUT2D eigenvalue weighted by Gasteiger charge is -2.46. The summed E-state index contributed by atoms with van der Waals surface area (Å²) in [5.74, 6) is 0.869. The molecule has 180 valence electrons. The van der Waals surface area contributed by atoms with Gasteiger partial charge in [-0.05, 0) is 74.7 Å². The Labute approximate surface area is 197 Å². The molecule has 1 aliphatic rings. The molecule has 1 atom stereocenters. The van der Waals surface area contributed by atoms with Crippen LogP contribution in [0, 0.1) is 16.2 Å². The van der Waals surface area contributed by atoms with E-state index in [9.17, 15) is 10.2 Å². The number of rotatable bonds is 3. The van der Waals surface area contributed by atoms with Crippen LogP contribution in [0.5, 0.6) is 5.75 Å². The van der Waals surface area contributed by atoms with Crippen LogP contribution in [-0.2, 0) is 17.3 Å². The van der Waals surface area contributed by atoms with Crippen molar-refractivity contribution in [1.82, 2.24) is 0 Å². The Hall–Kier alpha value is -1.70. The van der Waals surface area contributed by atoms with E-state index in [1.165, 1.54) is 5.56 Å². The topological polar surface area (TPSA) is 40.5 Å². The largest absolute Gasteiger partial charge is 0.508 e. The number of benzene rings is 1. The van der Waals surface area contributed by atoms with Crippen LogP contribution in [0.2, 0.25) is 0 Å². The van der Waals surface area contributed by atoms with Crippen molar-refractivity contribution in [2.45, 2.75) is 113 Å². The third-order valence-electron chi connectivity index (χ3n) is 7.36. The molecule has 2 rings (SSSR count). The summed E-state index contributed by atoms with van der Waals surface area (Å²) in [5, 5.41) is 21.9. The van der Waals surface area contributed by atoms with Crippen molar-refractivity contribution < 1.29 is 10.2 Å². The minimum Gasteiger partial charge on any atom is -0.508 e. The van der Waals surface area contributed by atoms with E-state index in [4.69, 9.17) is 0 Å². The second-order valence-electron chi connectivity index (χ2n) is 14.0. The minimum absolute atomic E-state index is 0.0167. The van der Waals surface area contributed by atoms with Gasteiger partial charge in [-0.15, -0.1) is 0 Å². The van der Waals surface area contributed by atoms with Crippen molar-refractivity contribution in [2.75, 3.05) is 0 Å². The maximum atomic E-state index is 11.3. The Bertz CT molecular complexity index is 902. The van der Waals surface area contributed by atoms with Crippen LogP contribution in [0.3, 0.4) is 0 Å². The molecule has 0 amide bonds.